The molecule has 1 amide bonds. The minimum Gasteiger partial charge on any atom is -0.497 e. The van der Waals surface area contributed by atoms with E-state index in [4.69, 9.17) is 4.74 Å². The summed E-state index contributed by atoms with van der Waals surface area (Å²) in [6, 6.07) is 14.4. The molecule has 1 atom stereocenters. The van der Waals surface area contributed by atoms with Crippen molar-refractivity contribution in [1.82, 2.24) is 14.5 Å². The van der Waals surface area contributed by atoms with Crippen LogP contribution in [-0.4, -0.2) is 63.4 Å². The summed E-state index contributed by atoms with van der Waals surface area (Å²) in [6.07, 6.45) is 5.11. The van der Waals surface area contributed by atoms with Crippen LogP contribution in [0.2, 0.25) is 0 Å². The average Bonchev–Trinajstić information content (AvgIpc) is 3.40. The third-order valence-corrected chi connectivity index (χ3v) is 8.48. The maximum Gasteiger partial charge on any atom is 0.251 e. The van der Waals surface area contributed by atoms with Gasteiger partial charge in [-0.2, -0.15) is 4.31 Å². The molecule has 4 rings (SSSR count). The molecule has 7 nitrogen and oxygen atoms in total. The number of hydrogen-bond acceptors (Lipinski definition) is 5. The van der Waals surface area contributed by atoms with Gasteiger partial charge in [-0.3, -0.25) is 9.69 Å². The predicted octanol–water partition coefficient (Wildman–Crippen LogP) is 3.44. The van der Waals surface area contributed by atoms with Crippen LogP contribution in [0.25, 0.3) is 0 Å². The highest BCUT2D eigenvalue weighted by atomic mass is 32.2. The Morgan fingerprint density at radius 1 is 0.970 bits per heavy atom. The summed E-state index contributed by atoms with van der Waals surface area (Å²) < 4.78 is 32.8. The van der Waals surface area contributed by atoms with E-state index >= 15 is 0 Å². The fourth-order valence-corrected chi connectivity index (χ4v) is 6.24. The highest BCUT2D eigenvalue weighted by Gasteiger charge is 2.27. The minimum atomic E-state index is -3.58. The van der Waals surface area contributed by atoms with E-state index in [0.29, 0.717) is 25.2 Å². The van der Waals surface area contributed by atoms with Crippen molar-refractivity contribution in [2.45, 2.75) is 43.0 Å². The van der Waals surface area contributed by atoms with Gasteiger partial charge in [0.25, 0.3) is 5.91 Å². The number of carbonyl (C=O) groups is 1. The average molecular weight is 472 g/mol. The number of piperidine rings is 1. The molecule has 2 aromatic carbocycles. The van der Waals surface area contributed by atoms with Crippen LogP contribution >= 0.6 is 0 Å². The molecule has 2 aliphatic heterocycles. The van der Waals surface area contributed by atoms with E-state index in [0.717, 1.165) is 56.5 Å². The van der Waals surface area contributed by atoms with E-state index < -0.39 is 10.0 Å². The lowest BCUT2D eigenvalue weighted by Gasteiger charge is -2.28. The van der Waals surface area contributed by atoms with Gasteiger partial charge in [0.15, 0.2) is 0 Å². The van der Waals surface area contributed by atoms with Crippen molar-refractivity contribution < 1.29 is 17.9 Å². The molecular formula is C25H33N3O4S. The van der Waals surface area contributed by atoms with Gasteiger partial charge in [0.2, 0.25) is 10.0 Å². The van der Waals surface area contributed by atoms with Crippen molar-refractivity contribution in [2.24, 2.45) is 0 Å². The number of methoxy groups -OCH3 is 1. The molecule has 8 heteroatoms. The van der Waals surface area contributed by atoms with E-state index in [-0.39, 0.29) is 16.8 Å². The van der Waals surface area contributed by atoms with Gasteiger partial charge in [-0.15, -0.1) is 0 Å². The molecule has 2 fully saturated rings. The van der Waals surface area contributed by atoms with Crippen LogP contribution < -0.4 is 10.1 Å². The Morgan fingerprint density at radius 3 is 2.30 bits per heavy atom. The molecule has 0 saturated carbocycles. The summed E-state index contributed by atoms with van der Waals surface area (Å²) in [7, 11) is -1.93. The number of likely N-dealkylation sites (tertiary alicyclic amines) is 1. The van der Waals surface area contributed by atoms with E-state index in [1.54, 1.807) is 25.3 Å². The Hall–Kier alpha value is -2.42. The molecule has 0 unspecified atom stereocenters. The van der Waals surface area contributed by atoms with Crippen LogP contribution in [0, 0.1) is 0 Å². The predicted molar refractivity (Wildman–Crippen MR) is 128 cm³/mol. The quantitative estimate of drug-likeness (QED) is 0.638. The highest BCUT2D eigenvalue weighted by molar-refractivity contribution is 7.89. The van der Waals surface area contributed by atoms with E-state index in [9.17, 15) is 13.2 Å². The summed E-state index contributed by atoms with van der Waals surface area (Å²) in [6.45, 7) is 3.52. The number of nitrogens with zero attached hydrogens (tertiary/aromatic N) is 2. The second-order valence-corrected chi connectivity index (χ2v) is 10.7. The van der Waals surface area contributed by atoms with Gasteiger partial charge < -0.3 is 10.1 Å². The third kappa shape index (κ3) is 5.57. The standard InChI is InChI=1S/C25H33N3O4S/c1-32-22-12-10-20(11-13-22)24(27-14-5-6-15-27)19-26-25(29)21-8-7-9-23(18-21)33(30,31)28-16-3-2-4-17-28/h7-13,18,24H,2-6,14-17,19H2,1H3,(H,26,29)/t24-/m0/s1. The zero-order valence-electron chi connectivity index (χ0n) is 19.2. The molecule has 178 valence electrons. The van der Waals surface area contributed by atoms with Gasteiger partial charge >= 0.3 is 0 Å². The summed E-state index contributed by atoms with van der Waals surface area (Å²) in [5.74, 6) is 0.540. The maximum atomic E-state index is 13.0. The van der Waals surface area contributed by atoms with E-state index in [1.807, 2.05) is 24.3 Å². The normalized spacial score (nSPS) is 18.7. The van der Waals surface area contributed by atoms with Crippen LogP contribution in [0.1, 0.15) is 54.1 Å². The fraction of sp³-hybridized carbons (Fsp3) is 0.480. The Morgan fingerprint density at radius 2 is 1.64 bits per heavy atom. The van der Waals surface area contributed by atoms with Crippen molar-refractivity contribution >= 4 is 15.9 Å². The molecule has 1 N–H and O–H groups in total. The zero-order valence-corrected chi connectivity index (χ0v) is 20.0. The van der Waals surface area contributed by atoms with Gasteiger partial charge in [0.1, 0.15) is 5.75 Å². The molecule has 2 aromatic rings. The molecule has 0 bridgehead atoms. The number of rotatable bonds is 8. The molecular weight excluding hydrogens is 438 g/mol. The van der Waals surface area contributed by atoms with Crippen LogP contribution in [-0.2, 0) is 10.0 Å². The number of nitrogens with one attached hydrogen (secondary N) is 1. The Labute approximate surface area is 196 Å². The number of benzene rings is 2. The third-order valence-electron chi connectivity index (χ3n) is 6.59. The first-order chi connectivity index (χ1) is 16.0. The number of ether oxygens (including phenoxy) is 1. The zero-order chi connectivity index (χ0) is 23.3. The highest BCUT2D eigenvalue weighted by Crippen LogP contribution is 2.27. The molecule has 2 saturated heterocycles. The van der Waals surface area contributed by atoms with Crippen LogP contribution in [0.4, 0.5) is 0 Å². The number of carbonyl (C=O) groups excluding carboxylic acids is 1. The monoisotopic (exact) mass is 471 g/mol. The van der Waals surface area contributed by atoms with Gasteiger partial charge in [0.05, 0.1) is 18.0 Å². The van der Waals surface area contributed by atoms with Crippen LogP contribution in [0.15, 0.2) is 53.4 Å². The topological polar surface area (TPSA) is 78.9 Å². The molecule has 2 heterocycles. The smallest absolute Gasteiger partial charge is 0.251 e. The van der Waals surface area contributed by atoms with Gasteiger partial charge in [0, 0.05) is 25.2 Å². The molecule has 0 aliphatic carbocycles. The van der Waals surface area contributed by atoms with Gasteiger partial charge in [-0.25, -0.2) is 8.42 Å². The van der Waals surface area contributed by atoms with Crippen molar-refractivity contribution in [3.8, 4) is 5.75 Å². The summed E-state index contributed by atoms with van der Waals surface area (Å²) in [5, 5.41) is 3.04. The largest absolute Gasteiger partial charge is 0.497 e. The molecule has 0 aromatic heterocycles. The second-order valence-electron chi connectivity index (χ2n) is 8.73. The van der Waals surface area contributed by atoms with Crippen LogP contribution in [0.3, 0.4) is 0 Å². The Bertz CT molecular complexity index is 1040. The van der Waals surface area contributed by atoms with Crippen LogP contribution in [0.5, 0.6) is 5.75 Å². The lowest BCUT2D eigenvalue weighted by atomic mass is 10.0. The van der Waals surface area contributed by atoms with Gasteiger partial charge in [-0.05, 0) is 74.7 Å². The Kier molecular flexibility index (Phi) is 7.67. The summed E-state index contributed by atoms with van der Waals surface area (Å²) in [5.41, 5.74) is 1.49. The first-order valence-corrected chi connectivity index (χ1v) is 13.2. The number of amides is 1. The molecule has 33 heavy (non-hydrogen) atoms. The van der Waals surface area contributed by atoms with Crippen molar-refractivity contribution in [3.05, 3.63) is 59.7 Å². The molecule has 2 aliphatic rings. The number of hydrogen-bond donors (Lipinski definition) is 1. The SMILES string of the molecule is COc1ccc([C@H](CNC(=O)c2cccc(S(=O)(=O)N3CCCCC3)c2)N2CCCC2)cc1. The van der Waals surface area contributed by atoms with E-state index in [1.165, 1.54) is 10.4 Å². The second kappa shape index (κ2) is 10.7. The fourth-order valence-electron chi connectivity index (χ4n) is 4.68. The number of sulfonamides is 1. The minimum absolute atomic E-state index is 0.0580. The summed E-state index contributed by atoms with van der Waals surface area (Å²) in [4.78, 5) is 15.6. The molecule has 0 radical (unpaired) electrons. The van der Waals surface area contributed by atoms with E-state index in [2.05, 4.69) is 10.2 Å². The van der Waals surface area contributed by atoms with Crippen molar-refractivity contribution in [2.75, 3.05) is 39.8 Å². The van der Waals surface area contributed by atoms with Crippen molar-refractivity contribution in [3.63, 3.8) is 0 Å². The first-order valence-electron chi connectivity index (χ1n) is 11.8. The lowest BCUT2D eigenvalue weighted by Crippen LogP contribution is -2.37. The Balaban J connectivity index is 1.47. The molecule has 0 spiro atoms. The maximum absolute atomic E-state index is 13.0. The first kappa shape index (κ1) is 23.7. The lowest BCUT2D eigenvalue weighted by molar-refractivity contribution is 0.0937. The van der Waals surface area contributed by atoms with Crippen molar-refractivity contribution in [1.29, 1.82) is 0 Å². The van der Waals surface area contributed by atoms with Gasteiger partial charge in [-0.1, -0.05) is 24.6 Å². The summed E-state index contributed by atoms with van der Waals surface area (Å²) >= 11 is 0.